The molecule has 0 radical (unpaired) electrons. The van der Waals surface area contributed by atoms with Gasteiger partial charge in [0.15, 0.2) is 0 Å². The molecule has 0 aliphatic heterocycles. The highest BCUT2D eigenvalue weighted by Gasteiger charge is 2.12. The molecule has 0 unspecified atom stereocenters. The number of carbonyl (C=O) groups excluding carboxylic acids is 1. The van der Waals surface area contributed by atoms with E-state index in [-0.39, 0.29) is 16.5 Å². The van der Waals surface area contributed by atoms with Crippen LogP contribution in [-0.2, 0) is 0 Å². The summed E-state index contributed by atoms with van der Waals surface area (Å²) in [5.41, 5.74) is 0.714. The Hall–Kier alpha value is -2.53. The smallest absolute Gasteiger partial charge is 0.337 e. The Morgan fingerprint density at radius 1 is 1.22 bits per heavy atom. The molecule has 0 fully saturated rings. The van der Waals surface area contributed by atoms with Crippen molar-refractivity contribution < 1.29 is 19.4 Å². The molecule has 0 atom stereocenters. The van der Waals surface area contributed by atoms with Crippen LogP contribution in [0.15, 0.2) is 42.5 Å². The Morgan fingerprint density at radius 3 is 2.70 bits per heavy atom. The van der Waals surface area contributed by atoms with E-state index in [4.69, 9.17) is 21.4 Å². The van der Waals surface area contributed by atoms with Gasteiger partial charge in [0.05, 0.1) is 17.2 Å². The number of carbonyl (C=O) groups is 2. The van der Waals surface area contributed by atoms with Gasteiger partial charge in [0.25, 0.3) is 5.91 Å². The zero-order valence-corrected chi connectivity index (χ0v) is 13.3. The lowest BCUT2D eigenvalue weighted by Crippen LogP contribution is -2.12. The van der Waals surface area contributed by atoms with E-state index in [0.717, 1.165) is 6.42 Å². The van der Waals surface area contributed by atoms with Crippen LogP contribution in [0, 0.1) is 0 Å². The number of carboxylic acid groups (broad SMARTS) is 1. The molecule has 0 heterocycles. The van der Waals surface area contributed by atoms with Crippen molar-refractivity contribution in [1.82, 2.24) is 0 Å². The molecule has 0 aromatic heterocycles. The molecule has 2 aromatic carbocycles. The predicted octanol–water partition coefficient (Wildman–Crippen LogP) is 4.08. The van der Waals surface area contributed by atoms with Gasteiger partial charge < -0.3 is 15.2 Å². The Bertz CT molecular complexity index is 730. The normalized spacial score (nSPS) is 10.2. The summed E-state index contributed by atoms with van der Waals surface area (Å²) in [5.74, 6) is -0.895. The second-order valence-electron chi connectivity index (χ2n) is 4.83. The minimum atomic E-state index is -1.15. The summed E-state index contributed by atoms with van der Waals surface area (Å²) in [4.78, 5) is 23.3. The highest BCUT2D eigenvalue weighted by molar-refractivity contribution is 6.33. The number of hydrogen-bond donors (Lipinski definition) is 2. The quantitative estimate of drug-likeness (QED) is 0.835. The lowest BCUT2D eigenvalue weighted by molar-refractivity contribution is 0.0696. The summed E-state index contributed by atoms with van der Waals surface area (Å²) >= 11 is 5.80. The van der Waals surface area contributed by atoms with Gasteiger partial charge in [0.1, 0.15) is 5.75 Å². The van der Waals surface area contributed by atoms with Crippen LogP contribution >= 0.6 is 11.6 Å². The van der Waals surface area contributed by atoms with E-state index in [1.807, 2.05) is 6.92 Å². The molecule has 2 aromatic rings. The van der Waals surface area contributed by atoms with Crippen LogP contribution < -0.4 is 10.1 Å². The van der Waals surface area contributed by atoms with E-state index in [2.05, 4.69) is 5.32 Å². The van der Waals surface area contributed by atoms with Gasteiger partial charge in [-0.15, -0.1) is 0 Å². The Morgan fingerprint density at radius 2 is 2.00 bits per heavy atom. The molecule has 23 heavy (non-hydrogen) atoms. The zero-order valence-electron chi connectivity index (χ0n) is 12.5. The molecule has 0 saturated carbocycles. The number of hydrogen-bond acceptors (Lipinski definition) is 3. The maximum Gasteiger partial charge on any atom is 0.337 e. The third-order valence-corrected chi connectivity index (χ3v) is 3.35. The number of anilines is 1. The molecular weight excluding hydrogens is 318 g/mol. The third-order valence-electron chi connectivity index (χ3n) is 3.02. The average Bonchev–Trinajstić information content (AvgIpc) is 2.54. The van der Waals surface area contributed by atoms with E-state index >= 15 is 0 Å². The molecule has 120 valence electrons. The summed E-state index contributed by atoms with van der Waals surface area (Å²) in [6.45, 7) is 2.57. The van der Waals surface area contributed by atoms with Crippen LogP contribution in [0.2, 0.25) is 5.02 Å². The number of aromatic carboxylic acids is 1. The first-order chi connectivity index (χ1) is 11.0. The van der Waals surface area contributed by atoms with Crippen molar-refractivity contribution in [2.75, 3.05) is 11.9 Å². The summed E-state index contributed by atoms with van der Waals surface area (Å²) in [6, 6.07) is 11.1. The van der Waals surface area contributed by atoms with E-state index in [1.165, 1.54) is 12.1 Å². The number of rotatable bonds is 6. The molecule has 0 saturated heterocycles. The van der Waals surface area contributed by atoms with E-state index in [0.29, 0.717) is 23.6 Å². The zero-order chi connectivity index (χ0) is 16.8. The van der Waals surface area contributed by atoms with Crippen molar-refractivity contribution in [1.29, 1.82) is 0 Å². The number of nitrogens with one attached hydrogen (secondary N) is 1. The predicted molar refractivity (Wildman–Crippen MR) is 88.6 cm³/mol. The molecule has 2 N–H and O–H groups in total. The lowest BCUT2D eigenvalue weighted by Gasteiger charge is -2.09. The summed E-state index contributed by atoms with van der Waals surface area (Å²) in [7, 11) is 0. The Balaban J connectivity index is 2.16. The van der Waals surface area contributed by atoms with E-state index in [9.17, 15) is 9.59 Å². The van der Waals surface area contributed by atoms with Crippen molar-refractivity contribution in [2.45, 2.75) is 13.3 Å². The number of benzene rings is 2. The fraction of sp³-hybridized carbons (Fsp3) is 0.176. The maximum atomic E-state index is 12.3. The van der Waals surface area contributed by atoms with Crippen molar-refractivity contribution in [3.05, 3.63) is 58.6 Å². The van der Waals surface area contributed by atoms with Gasteiger partial charge in [0.2, 0.25) is 0 Å². The Labute approximate surface area is 138 Å². The van der Waals surface area contributed by atoms with Gasteiger partial charge in [-0.25, -0.2) is 4.79 Å². The summed E-state index contributed by atoms with van der Waals surface area (Å²) < 4.78 is 5.49. The fourth-order valence-electron chi connectivity index (χ4n) is 1.92. The molecule has 2 rings (SSSR count). The summed E-state index contributed by atoms with van der Waals surface area (Å²) in [5, 5.41) is 11.8. The fourth-order valence-corrected chi connectivity index (χ4v) is 2.12. The van der Waals surface area contributed by atoms with Crippen molar-refractivity contribution >= 4 is 29.2 Å². The number of carboxylic acids is 1. The van der Waals surface area contributed by atoms with Crippen LogP contribution in [0.25, 0.3) is 0 Å². The number of amides is 1. The molecule has 1 amide bonds. The van der Waals surface area contributed by atoms with Gasteiger partial charge in [-0.1, -0.05) is 24.6 Å². The molecular formula is C17H16ClNO4. The molecule has 0 spiro atoms. The van der Waals surface area contributed by atoms with Crippen LogP contribution in [0.3, 0.4) is 0 Å². The minimum absolute atomic E-state index is 0.0653. The van der Waals surface area contributed by atoms with Crippen LogP contribution in [-0.4, -0.2) is 23.6 Å². The molecule has 5 nitrogen and oxygen atoms in total. The van der Waals surface area contributed by atoms with E-state index < -0.39 is 5.97 Å². The maximum absolute atomic E-state index is 12.3. The van der Waals surface area contributed by atoms with Crippen molar-refractivity contribution in [3.63, 3.8) is 0 Å². The van der Waals surface area contributed by atoms with E-state index in [1.54, 1.807) is 30.3 Å². The number of ether oxygens (including phenoxy) is 1. The van der Waals surface area contributed by atoms with Crippen LogP contribution in [0.5, 0.6) is 5.75 Å². The topological polar surface area (TPSA) is 75.6 Å². The molecule has 6 heteroatoms. The lowest BCUT2D eigenvalue weighted by atomic mass is 10.1. The summed E-state index contributed by atoms with van der Waals surface area (Å²) in [6.07, 6.45) is 0.874. The third kappa shape index (κ3) is 4.47. The highest BCUT2D eigenvalue weighted by atomic mass is 35.5. The minimum Gasteiger partial charge on any atom is -0.494 e. The van der Waals surface area contributed by atoms with Crippen molar-refractivity contribution in [3.8, 4) is 5.75 Å². The monoisotopic (exact) mass is 333 g/mol. The largest absolute Gasteiger partial charge is 0.494 e. The van der Waals surface area contributed by atoms with Crippen LogP contribution in [0.1, 0.15) is 34.1 Å². The van der Waals surface area contributed by atoms with Gasteiger partial charge in [-0.3, -0.25) is 4.79 Å². The first-order valence-electron chi connectivity index (χ1n) is 7.08. The number of halogens is 1. The van der Waals surface area contributed by atoms with Gasteiger partial charge in [0, 0.05) is 11.3 Å². The molecule has 0 aliphatic rings. The Kier molecular flexibility index (Phi) is 5.60. The standard InChI is InChI=1S/C17H16ClNO4/c1-2-8-23-13-5-3-4-11(9-13)16(20)19-12-6-7-15(18)14(10-12)17(21)22/h3-7,9-10H,2,8H2,1H3,(H,19,20)(H,21,22). The van der Waals surface area contributed by atoms with Crippen LogP contribution in [0.4, 0.5) is 5.69 Å². The van der Waals surface area contributed by atoms with Gasteiger partial charge >= 0.3 is 5.97 Å². The first kappa shape index (κ1) is 16.8. The van der Waals surface area contributed by atoms with Crippen molar-refractivity contribution in [2.24, 2.45) is 0 Å². The molecule has 0 aliphatic carbocycles. The highest BCUT2D eigenvalue weighted by Crippen LogP contribution is 2.21. The second kappa shape index (κ2) is 7.65. The van der Waals surface area contributed by atoms with Gasteiger partial charge in [-0.2, -0.15) is 0 Å². The first-order valence-corrected chi connectivity index (χ1v) is 7.46. The SMILES string of the molecule is CCCOc1cccc(C(=O)Nc2ccc(Cl)c(C(=O)O)c2)c1. The average molecular weight is 334 g/mol. The second-order valence-corrected chi connectivity index (χ2v) is 5.24. The molecule has 0 bridgehead atoms. The van der Waals surface area contributed by atoms with Gasteiger partial charge in [-0.05, 0) is 42.8 Å².